The molecule has 0 amide bonds. The number of benzene rings is 2. The van der Waals surface area contributed by atoms with E-state index in [1.54, 1.807) is 6.07 Å². The number of carbonyl (C=O) groups excluding carboxylic acids is 2. The number of nitrogens with one attached hydrogen (secondary N) is 1. The molecule has 2 aliphatic rings. The highest BCUT2D eigenvalue weighted by Gasteiger charge is 2.40. The van der Waals surface area contributed by atoms with E-state index < -0.39 is 5.97 Å². The van der Waals surface area contributed by atoms with Gasteiger partial charge >= 0.3 is 5.97 Å². The molecule has 0 saturated heterocycles. The van der Waals surface area contributed by atoms with Crippen molar-refractivity contribution in [2.24, 2.45) is 5.41 Å². The van der Waals surface area contributed by atoms with Crippen molar-refractivity contribution in [2.75, 3.05) is 12.4 Å². The van der Waals surface area contributed by atoms with Crippen LogP contribution in [0.3, 0.4) is 0 Å². The Balaban J connectivity index is 1.73. The second-order valence-electron chi connectivity index (χ2n) is 9.02. The van der Waals surface area contributed by atoms with Crippen LogP contribution in [0.4, 0.5) is 5.69 Å². The summed E-state index contributed by atoms with van der Waals surface area (Å²) in [6.45, 7) is 4.23. The van der Waals surface area contributed by atoms with Gasteiger partial charge in [-0.1, -0.05) is 37.6 Å². The van der Waals surface area contributed by atoms with Gasteiger partial charge < -0.3 is 14.5 Å². The molecule has 3 aromatic rings. The molecule has 31 heavy (non-hydrogen) atoms. The fourth-order valence-electron chi connectivity index (χ4n) is 4.75. The Morgan fingerprint density at radius 3 is 2.61 bits per heavy atom. The van der Waals surface area contributed by atoms with Crippen LogP contribution in [0.25, 0.3) is 11.0 Å². The molecule has 1 aromatic heterocycles. The van der Waals surface area contributed by atoms with E-state index >= 15 is 0 Å². The first kappa shape index (κ1) is 19.9. The molecule has 158 valence electrons. The first-order valence-corrected chi connectivity index (χ1v) is 10.6. The SMILES string of the molecule is COC(=O)c1cc2cc3c(cc2o1)C(c1ccc(Cl)cc1)C1=C(CC(C)(C)CC1=O)N3. The van der Waals surface area contributed by atoms with Crippen molar-refractivity contribution >= 4 is 40.0 Å². The zero-order valence-electron chi connectivity index (χ0n) is 17.5. The number of fused-ring (bicyclic) bond motifs is 2. The Kier molecular flexibility index (Phi) is 4.48. The second-order valence-corrected chi connectivity index (χ2v) is 9.46. The number of ether oxygens (including phenoxy) is 1. The molecule has 0 radical (unpaired) electrons. The average molecular weight is 436 g/mol. The van der Waals surface area contributed by atoms with Crippen LogP contribution < -0.4 is 5.32 Å². The van der Waals surface area contributed by atoms with Gasteiger partial charge in [0.2, 0.25) is 5.76 Å². The number of anilines is 1. The van der Waals surface area contributed by atoms with Crippen LogP contribution in [-0.2, 0) is 9.53 Å². The minimum absolute atomic E-state index is 0.108. The Morgan fingerprint density at radius 1 is 1.16 bits per heavy atom. The molecule has 5 nitrogen and oxygen atoms in total. The van der Waals surface area contributed by atoms with Crippen LogP contribution in [0.15, 0.2) is 58.2 Å². The van der Waals surface area contributed by atoms with Crippen LogP contribution in [-0.4, -0.2) is 18.9 Å². The number of methoxy groups -OCH3 is 1. The van der Waals surface area contributed by atoms with Gasteiger partial charge in [-0.2, -0.15) is 0 Å². The monoisotopic (exact) mass is 435 g/mol. The van der Waals surface area contributed by atoms with E-state index in [9.17, 15) is 9.59 Å². The number of carbonyl (C=O) groups is 2. The van der Waals surface area contributed by atoms with Crippen LogP contribution in [0.2, 0.25) is 5.02 Å². The Morgan fingerprint density at radius 2 is 1.90 bits per heavy atom. The molecule has 2 heterocycles. The lowest BCUT2D eigenvalue weighted by molar-refractivity contribution is -0.118. The van der Waals surface area contributed by atoms with E-state index in [4.69, 9.17) is 20.8 Å². The number of halogens is 1. The molecule has 1 N–H and O–H groups in total. The van der Waals surface area contributed by atoms with Crippen molar-refractivity contribution in [1.82, 2.24) is 0 Å². The lowest BCUT2D eigenvalue weighted by Gasteiger charge is -2.39. The van der Waals surface area contributed by atoms with Crippen LogP contribution in [0.1, 0.15) is 54.3 Å². The maximum Gasteiger partial charge on any atom is 0.373 e. The van der Waals surface area contributed by atoms with Crippen LogP contribution >= 0.6 is 11.6 Å². The fourth-order valence-corrected chi connectivity index (χ4v) is 4.88. The van der Waals surface area contributed by atoms with Crippen molar-refractivity contribution in [3.63, 3.8) is 0 Å². The molecule has 0 spiro atoms. The highest BCUT2D eigenvalue weighted by Crippen LogP contribution is 2.50. The molecule has 1 aliphatic carbocycles. The lowest BCUT2D eigenvalue weighted by atomic mass is 9.68. The van der Waals surface area contributed by atoms with Crippen LogP contribution in [0.5, 0.6) is 0 Å². The van der Waals surface area contributed by atoms with E-state index in [0.29, 0.717) is 17.0 Å². The molecule has 1 aliphatic heterocycles. The normalized spacial score (nSPS) is 19.6. The molecule has 0 saturated carbocycles. The molecular formula is C25H22ClNO4. The Bertz CT molecular complexity index is 1270. The summed E-state index contributed by atoms with van der Waals surface area (Å²) in [5.41, 5.74) is 5.07. The average Bonchev–Trinajstić information content (AvgIpc) is 3.13. The number of furan rings is 1. The number of esters is 1. The van der Waals surface area contributed by atoms with Gasteiger partial charge in [-0.3, -0.25) is 4.79 Å². The number of hydrogen-bond donors (Lipinski definition) is 1. The van der Waals surface area contributed by atoms with E-state index in [-0.39, 0.29) is 22.9 Å². The molecule has 6 heteroatoms. The first-order valence-electron chi connectivity index (χ1n) is 10.2. The third-order valence-corrected chi connectivity index (χ3v) is 6.34. The summed E-state index contributed by atoms with van der Waals surface area (Å²) < 4.78 is 10.6. The molecule has 1 unspecified atom stereocenters. The van der Waals surface area contributed by atoms with E-state index in [2.05, 4.69) is 19.2 Å². The van der Waals surface area contributed by atoms with Crippen molar-refractivity contribution in [2.45, 2.75) is 32.6 Å². The van der Waals surface area contributed by atoms with Crippen molar-refractivity contribution < 1.29 is 18.7 Å². The highest BCUT2D eigenvalue weighted by molar-refractivity contribution is 6.30. The van der Waals surface area contributed by atoms with Crippen molar-refractivity contribution in [3.05, 3.63) is 75.6 Å². The summed E-state index contributed by atoms with van der Waals surface area (Å²) in [6.07, 6.45) is 1.29. The van der Waals surface area contributed by atoms with Crippen molar-refractivity contribution in [3.8, 4) is 0 Å². The summed E-state index contributed by atoms with van der Waals surface area (Å²) in [6, 6.07) is 13.2. The quantitative estimate of drug-likeness (QED) is 0.494. The first-order chi connectivity index (χ1) is 14.8. The fraction of sp³-hybridized carbons (Fsp3) is 0.280. The van der Waals surface area contributed by atoms with Gasteiger partial charge in [-0.15, -0.1) is 0 Å². The van der Waals surface area contributed by atoms with Gasteiger partial charge in [0.1, 0.15) is 5.58 Å². The number of Topliss-reactive ketones (excluding diaryl/α,β-unsaturated/α-hetero) is 1. The Hall–Kier alpha value is -3.05. The summed E-state index contributed by atoms with van der Waals surface area (Å²) >= 11 is 6.13. The van der Waals surface area contributed by atoms with Gasteiger partial charge in [-0.05, 0) is 53.3 Å². The Labute approximate surface area is 185 Å². The van der Waals surface area contributed by atoms with Crippen LogP contribution in [0, 0.1) is 5.41 Å². The zero-order chi connectivity index (χ0) is 21.9. The maximum atomic E-state index is 13.3. The maximum absolute atomic E-state index is 13.3. The second kappa shape index (κ2) is 6.99. The summed E-state index contributed by atoms with van der Waals surface area (Å²) in [7, 11) is 1.32. The topological polar surface area (TPSA) is 68.5 Å². The minimum atomic E-state index is -0.522. The van der Waals surface area contributed by atoms with Gasteiger partial charge in [-0.25, -0.2) is 4.79 Å². The summed E-state index contributed by atoms with van der Waals surface area (Å²) in [5.74, 6) is -0.453. The molecule has 0 fully saturated rings. The molecule has 1 atom stereocenters. The largest absolute Gasteiger partial charge is 0.463 e. The van der Waals surface area contributed by atoms with Gasteiger partial charge in [0.25, 0.3) is 0 Å². The number of ketones is 1. The molecule has 5 rings (SSSR count). The summed E-state index contributed by atoms with van der Waals surface area (Å²) in [4.78, 5) is 25.2. The third kappa shape index (κ3) is 3.33. The van der Waals surface area contributed by atoms with Gasteiger partial charge in [0, 0.05) is 39.7 Å². The molecule has 0 bridgehead atoms. The summed E-state index contributed by atoms with van der Waals surface area (Å²) in [5, 5.41) is 4.96. The molecular weight excluding hydrogens is 414 g/mol. The predicted molar refractivity (Wildman–Crippen MR) is 120 cm³/mol. The lowest BCUT2D eigenvalue weighted by Crippen LogP contribution is -2.33. The molecule has 2 aromatic carbocycles. The van der Waals surface area contributed by atoms with E-state index in [1.807, 2.05) is 36.4 Å². The predicted octanol–water partition coefficient (Wildman–Crippen LogP) is 6.07. The van der Waals surface area contributed by atoms with Gasteiger partial charge in [0.05, 0.1) is 7.11 Å². The number of allylic oxidation sites excluding steroid dienone is 2. The third-order valence-electron chi connectivity index (χ3n) is 6.08. The van der Waals surface area contributed by atoms with Gasteiger partial charge in [0.15, 0.2) is 5.78 Å². The smallest absolute Gasteiger partial charge is 0.373 e. The standard InChI is InChI=1S/C25H22ClNO4/c1-25(2)11-18-23(19(28)12-25)22(13-4-6-15(26)7-5-13)16-10-20-14(8-17(16)27-18)9-21(31-20)24(29)30-3/h4-10,22,27H,11-12H2,1-3H3. The number of rotatable bonds is 2. The number of hydrogen-bond acceptors (Lipinski definition) is 5. The van der Waals surface area contributed by atoms with Crippen molar-refractivity contribution in [1.29, 1.82) is 0 Å². The highest BCUT2D eigenvalue weighted by atomic mass is 35.5. The van der Waals surface area contributed by atoms with E-state index in [1.165, 1.54) is 7.11 Å². The zero-order valence-corrected chi connectivity index (χ0v) is 18.3. The minimum Gasteiger partial charge on any atom is -0.463 e. The van der Waals surface area contributed by atoms with E-state index in [0.717, 1.165) is 39.9 Å².